The Balaban J connectivity index is 1.68. The van der Waals surface area contributed by atoms with Gasteiger partial charge in [-0.2, -0.15) is 0 Å². The van der Waals surface area contributed by atoms with E-state index in [0.717, 1.165) is 28.5 Å². The average molecular weight is 321 g/mol. The van der Waals surface area contributed by atoms with Crippen molar-refractivity contribution in [2.24, 2.45) is 0 Å². The molecule has 0 radical (unpaired) electrons. The topological polar surface area (TPSA) is 59.3 Å². The number of hydrogen-bond acceptors (Lipinski definition) is 4. The van der Waals surface area contributed by atoms with Crippen molar-refractivity contribution in [2.75, 3.05) is 0 Å². The number of fused-ring (bicyclic) bond motifs is 1. The number of thioether (sulfide) groups is 1. The standard InChI is InChI=1S/C18H11NO3S/c20-17-16(23-18(21)19-17)10-14-7-8-15(22-14)13-6-5-11-3-1-2-4-12(11)9-13/h1-10H,(H,19,20,21)/b16-10-. The highest BCUT2D eigenvalue weighted by Crippen LogP contribution is 2.29. The molecule has 1 aliphatic heterocycles. The van der Waals surface area contributed by atoms with E-state index in [4.69, 9.17) is 4.42 Å². The molecule has 4 nitrogen and oxygen atoms in total. The highest BCUT2D eigenvalue weighted by atomic mass is 32.2. The van der Waals surface area contributed by atoms with Gasteiger partial charge in [0.15, 0.2) is 0 Å². The minimum absolute atomic E-state index is 0.342. The predicted molar refractivity (Wildman–Crippen MR) is 90.8 cm³/mol. The smallest absolute Gasteiger partial charge is 0.290 e. The van der Waals surface area contributed by atoms with Crippen LogP contribution in [0, 0.1) is 0 Å². The first-order valence-corrected chi connectivity index (χ1v) is 7.84. The van der Waals surface area contributed by atoms with Crippen LogP contribution in [0.5, 0.6) is 0 Å². The Morgan fingerprint density at radius 2 is 1.78 bits per heavy atom. The number of benzene rings is 2. The number of carbonyl (C=O) groups excluding carboxylic acids is 2. The summed E-state index contributed by atoms with van der Waals surface area (Å²) >= 11 is 0.877. The summed E-state index contributed by atoms with van der Waals surface area (Å²) in [4.78, 5) is 23.1. The van der Waals surface area contributed by atoms with Crippen molar-refractivity contribution in [3.8, 4) is 11.3 Å². The molecule has 23 heavy (non-hydrogen) atoms. The van der Waals surface area contributed by atoms with Gasteiger partial charge in [-0.25, -0.2) is 0 Å². The van der Waals surface area contributed by atoms with Gasteiger partial charge in [-0.15, -0.1) is 0 Å². The van der Waals surface area contributed by atoms with Crippen LogP contribution in [0.1, 0.15) is 5.76 Å². The van der Waals surface area contributed by atoms with E-state index in [9.17, 15) is 9.59 Å². The second-order valence-electron chi connectivity index (χ2n) is 5.12. The molecule has 1 fully saturated rings. The van der Waals surface area contributed by atoms with Crippen LogP contribution in [0.25, 0.3) is 28.2 Å². The van der Waals surface area contributed by atoms with Gasteiger partial charge in [-0.1, -0.05) is 36.4 Å². The lowest BCUT2D eigenvalue weighted by Gasteiger charge is -2.01. The first-order valence-electron chi connectivity index (χ1n) is 7.03. The van der Waals surface area contributed by atoms with E-state index in [0.29, 0.717) is 10.7 Å². The van der Waals surface area contributed by atoms with Crippen LogP contribution in [-0.2, 0) is 4.79 Å². The third kappa shape index (κ3) is 2.66. The highest BCUT2D eigenvalue weighted by Gasteiger charge is 2.25. The summed E-state index contributed by atoms with van der Waals surface area (Å²) in [6, 6.07) is 17.9. The molecule has 0 saturated carbocycles. The van der Waals surface area contributed by atoms with Gasteiger partial charge in [0.2, 0.25) is 0 Å². The Bertz CT molecular complexity index is 971. The Hall–Kier alpha value is -2.79. The molecule has 112 valence electrons. The van der Waals surface area contributed by atoms with E-state index in [2.05, 4.69) is 23.5 Å². The molecule has 1 saturated heterocycles. The molecule has 2 amide bonds. The molecule has 0 spiro atoms. The van der Waals surface area contributed by atoms with Crippen LogP contribution in [-0.4, -0.2) is 11.1 Å². The summed E-state index contributed by atoms with van der Waals surface area (Å²) in [7, 11) is 0. The second-order valence-corrected chi connectivity index (χ2v) is 6.13. The quantitative estimate of drug-likeness (QED) is 0.710. The van der Waals surface area contributed by atoms with Gasteiger partial charge >= 0.3 is 0 Å². The Morgan fingerprint density at radius 1 is 0.957 bits per heavy atom. The molecule has 2 aromatic carbocycles. The third-order valence-electron chi connectivity index (χ3n) is 3.58. The summed E-state index contributed by atoms with van der Waals surface area (Å²) < 4.78 is 5.78. The minimum Gasteiger partial charge on any atom is -0.457 e. The van der Waals surface area contributed by atoms with Crippen LogP contribution in [0.3, 0.4) is 0 Å². The predicted octanol–water partition coefficient (Wildman–Crippen LogP) is 4.42. The average Bonchev–Trinajstić information content (AvgIpc) is 3.14. The van der Waals surface area contributed by atoms with E-state index in [1.165, 1.54) is 5.39 Å². The zero-order valence-electron chi connectivity index (χ0n) is 11.9. The van der Waals surface area contributed by atoms with Crippen LogP contribution in [0.15, 0.2) is 63.9 Å². The van der Waals surface area contributed by atoms with E-state index in [1.54, 1.807) is 12.1 Å². The fraction of sp³-hybridized carbons (Fsp3) is 0. The maximum atomic E-state index is 11.5. The van der Waals surface area contributed by atoms with Crippen molar-refractivity contribution < 1.29 is 14.0 Å². The molecule has 4 rings (SSSR count). The van der Waals surface area contributed by atoms with Gasteiger partial charge in [0.05, 0.1) is 4.91 Å². The summed E-state index contributed by atoms with van der Waals surface area (Å²) in [5, 5.41) is 4.17. The minimum atomic E-state index is -0.386. The van der Waals surface area contributed by atoms with Gasteiger partial charge < -0.3 is 4.42 Å². The highest BCUT2D eigenvalue weighted by molar-refractivity contribution is 8.18. The van der Waals surface area contributed by atoms with Crippen molar-refractivity contribution in [3.63, 3.8) is 0 Å². The molecule has 1 aromatic heterocycles. The first kappa shape index (κ1) is 13.8. The van der Waals surface area contributed by atoms with Gasteiger partial charge in [0, 0.05) is 11.6 Å². The molecular formula is C18H11NO3S. The fourth-order valence-electron chi connectivity index (χ4n) is 2.48. The van der Waals surface area contributed by atoms with E-state index in [-0.39, 0.29) is 11.1 Å². The molecule has 1 N–H and O–H groups in total. The van der Waals surface area contributed by atoms with Crippen LogP contribution < -0.4 is 5.32 Å². The zero-order valence-corrected chi connectivity index (χ0v) is 12.7. The van der Waals surface area contributed by atoms with Crippen LogP contribution in [0.2, 0.25) is 0 Å². The third-order valence-corrected chi connectivity index (χ3v) is 4.39. The maximum absolute atomic E-state index is 11.5. The maximum Gasteiger partial charge on any atom is 0.290 e. The summed E-state index contributed by atoms with van der Waals surface area (Å²) in [5.41, 5.74) is 0.966. The zero-order chi connectivity index (χ0) is 15.8. The van der Waals surface area contributed by atoms with E-state index in [1.807, 2.05) is 30.3 Å². The largest absolute Gasteiger partial charge is 0.457 e. The number of rotatable bonds is 2. The van der Waals surface area contributed by atoms with Gasteiger partial charge in [-0.05, 0) is 40.7 Å². The lowest BCUT2D eigenvalue weighted by Crippen LogP contribution is -2.17. The molecule has 0 unspecified atom stereocenters. The molecule has 5 heteroatoms. The van der Waals surface area contributed by atoms with Gasteiger partial charge in [-0.3, -0.25) is 14.9 Å². The van der Waals surface area contributed by atoms with Crippen molar-refractivity contribution >= 4 is 39.8 Å². The Labute approximate surface area is 136 Å². The molecule has 0 bridgehead atoms. The molecule has 0 atom stereocenters. The number of hydrogen-bond donors (Lipinski definition) is 1. The van der Waals surface area contributed by atoms with Gasteiger partial charge in [0.25, 0.3) is 11.1 Å². The van der Waals surface area contributed by atoms with Gasteiger partial charge in [0.1, 0.15) is 11.5 Å². The summed E-state index contributed by atoms with van der Waals surface area (Å²) in [5.74, 6) is 0.876. The first-order chi connectivity index (χ1) is 11.2. The number of amides is 2. The molecule has 0 aliphatic carbocycles. The number of furan rings is 1. The Kier molecular flexibility index (Phi) is 3.28. The molecule has 3 aromatic rings. The SMILES string of the molecule is O=C1NC(=O)/C(=C/c2ccc(-c3ccc4ccccc4c3)o2)S1. The Morgan fingerprint density at radius 3 is 2.57 bits per heavy atom. The van der Waals surface area contributed by atoms with Crippen molar-refractivity contribution in [3.05, 3.63) is 65.3 Å². The monoisotopic (exact) mass is 321 g/mol. The number of carbonyl (C=O) groups is 2. The van der Waals surface area contributed by atoms with E-state index < -0.39 is 0 Å². The number of imide groups is 1. The number of nitrogens with one attached hydrogen (secondary N) is 1. The molecular weight excluding hydrogens is 310 g/mol. The van der Waals surface area contributed by atoms with Crippen LogP contribution >= 0.6 is 11.8 Å². The summed E-state index contributed by atoms with van der Waals surface area (Å²) in [6.07, 6.45) is 1.58. The van der Waals surface area contributed by atoms with Crippen molar-refractivity contribution in [2.45, 2.75) is 0 Å². The fourth-order valence-corrected chi connectivity index (χ4v) is 3.14. The lowest BCUT2D eigenvalue weighted by molar-refractivity contribution is -0.115. The van der Waals surface area contributed by atoms with Crippen molar-refractivity contribution in [1.82, 2.24) is 5.32 Å². The molecule has 2 heterocycles. The van der Waals surface area contributed by atoms with E-state index >= 15 is 0 Å². The van der Waals surface area contributed by atoms with Crippen LogP contribution in [0.4, 0.5) is 4.79 Å². The van der Waals surface area contributed by atoms with Crippen molar-refractivity contribution in [1.29, 1.82) is 0 Å². The molecule has 1 aliphatic rings. The second kappa shape index (κ2) is 5.44. The summed E-state index contributed by atoms with van der Waals surface area (Å²) in [6.45, 7) is 0. The lowest BCUT2D eigenvalue weighted by atomic mass is 10.1. The normalized spacial score (nSPS) is 16.3.